The molecule has 0 heterocycles. The molecule has 0 fully saturated rings. The molecule has 0 atom stereocenters. The van der Waals surface area contributed by atoms with E-state index >= 15 is 0 Å². The van der Waals surface area contributed by atoms with Crippen LogP contribution in [0.3, 0.4) is 0 Å². The van der Waals surface area contributed by atoms with Crippen LogP contribution < -0.4 is 27.5 Å². The minimum absolute atomic E-state index is 0. The Balaban J connectivity index is -0.00000000750. The summed E-state index contributed by atoms with van der Waals surface area (Å²) in [6, 6.07) is 0. The second-order valence-electron chi connectivity index (χ2n) is 0.289. The van der Waals surface area contributed by atoms with Crippen molar-refractivity contribution >= 4 is 30.4 Å². The zero-order chi connectivity index (χ0) is 3.58. The Kier molecular flexibility index (Phi) is 92.9. The Hall–Kier alpha value is 2.04. The molecular formula is BClFeMgMnO3+2. The molecule has 0 aliphatic heterocycles. The van der Waals surface area contributed by atoms with Gasteiger partial charge in [-0.15, -0.1) is 0 Å². The van der Waals surface area contributed by atoms with Crippen molar-refractivity contribution in [1.82, 2.24) is 0 Å². The van der Waals surface area contributed by atoms with Gasteiger partial charge in [-0.3, -0.25) is 7.32 Å². The number of rotatable bonds is 0. The maximum atomic E-state index is 8.42. The second-order valence-corrected chi connectivity index (χ2v) is 0.289. The van der Waals surface area contributed by atoms with Crippen molar-refractivity contribution in [1.29, 1.82) is 0 Å². The van der Waals surface area contributed by atoms with Gasteiger partial charge in [-0.25, -0.2) is 0 Å². The Bertz CT molecular complexity index is 24.0. The molecule has 0 bridgehead atoms. The average molecular weight is 229 g/mol. The van der Waals surface area contributed by atoms with Crippen LogP contribution >= 0.6 is 0 Å². The normalized spacial score (nSPS) is 3.38. The Morgan fingerprint density at radius 3 is 1.00 bits per heavy atom. The van der Waals surface area contributed by atoms with Gasteiger partial charge in [0.2, 0.25) is 0 Å². The van der Waals surface area contributed by atoms with Gasteiger partial charge in [0.05, 0.1) is 0 Å². The molecule has 0 N–H and O–H groups in total. The fourth-order valence-corrected chi connectivity index (χ4v) is 0. The summed E-state index contributed by atoms with van der Waals surface area (Å²) in [7, 11) is -2.92. The summed E-state index contributed by atoms with van der Waals surface area (Å²) in [4.78, 5) is 0. The molecule has 0 aromatic carbocycles. The molecule has 0 unspecified atom stereocenters. The van der Waals surface area contributed by atoms with E-state index in [4.69, 9.17) is 15.1 Å². The van der Waals surface area contributed by atoms with E-state index in [0.29, 0.717) is 0 Å². The predicted molar refractivity (Wildman–Crippen MR) is 11.5 cm³/mol. The van der Waals surface area contributed by atoms with Crippen LogP contribution in [-0.2, 0) is 34.1 Å². The topological polar surface area (TPSA) is 69.2 Å². The number of halogens is 1. The van der Waals surface area contributed by atoms with E-state index in [9.17, 15) is 0 Å². The van der Waals surface area contributed by atoms with Gasteiger partial charge in [0.1, 0.15) is 0 Å². The van der Waals surface area contributed by atoms with Crippen LogP contribution in [0.1, 0.15) is 0 Å². The van der Waals surface area contributed by atoms with Gasteiger partial charge in [0.15, 0.2) is 0 Å². The molecule has 0 aliphatic rings. The number of hydrogen-bond donors (Lipinski definition) is 0. The van der Waals surface area contributed by atoms with Gasteiger partial charge >= 0.3 is 57.2 Å². The maximum Gasteiger partial charge on any atom is 2.00 e. The Labute approximate surface area is 91.3 Å². The molecule has 0 aliphatic carbocycles. The molecular weight excluding hydrogens is 229 g/mol. The molecule has 1 radical (unpaired) electrons. The van der Waals surface area contributed by atoms with Crippen LogP contribution in [0.4, 0.5) is 0 Å². The Morgan fingerprint density at radius 2 is 1.00 bits per heavy atom. The smallest absolute Gasteiger partial charge is 1.00 e. The van der Waals surface area contributed by atoms with E-state index < -0.39 is 7.32 Å². The van der Waals surface area contributed by atoms with Crippen molar-refractivity contribution in [2.75, 3.05) is 0 Å². The fraction of sp³-hybridized carbons (Fsp3) is 0. The van der Waals surface area contributed by atoms with Gasteiger partial charge in [-0.2, -0.15) is 0 Å². The summed E-state index contributed by atoms with van der Waals surface area (Å²) >= 11 is 0. The summed E-state index contributed by atoms with van der Waals surface area (Å²) < 4.78 is 0. The van der Waals surface area contributed by atoms with E-state index in [1.807, 2.05) is 0 Å². The van der Waals surface area contributed by atoms with E-state index in [-0.39, 0.29) is 69.6 Å². The van der Waals surface area contributed by atoms with Gasteiger partial charge in [0.25, 0.3) is 0 Å². The van der Waals surface area contributed by atoms with Gasteiger partial charge in [0, 0.05) is 0 Å². The molecule has 0 aromatic rings. The van der Waals surface area contributed by atoms with Crippen LogP contribution in [0.15, 0.2) is 0 Å². The molecule has 8 heavy (non-hydrogen) atoms. The summed E-state index contributed by atoms with van der Waals surface area (Å²) in [6.45, 7) is 0. The maximum absolute atomic E-state index is 8.42. The predicted octanol–water partition coefficient (Wildman–Crippen LogP) is -7.33. The molecule has 8 heteroatoms. The zero-order valence-corrected chi connectivity index (χ0v) is 8.07. The third-order valence-electron chi connectivity index (χ3n) is 0. The zero-order valence-electron chi connectivity index (χ0n) is 3.62. The second kappa shape index (κ2) is 23.0. The molecule has 0 saturated heterocycles. The van der Waals surface area contributed by atoms with Crippen molar-refractivity contribution < 1.29 is 61.6 Å². The van der Waals surface area contributed by atoms with Crippen LogP contribution in [-0.4, -0.2) is 30.4 Å². The number of hydrogen-bond acceptors (Lipinski definition) is 3. The first kappa shape index (κ1) is 32.3. The third kappa shape index (κ3) is 95.7. The van der Waals surface area contributed by atoms with Crippen molar-refractivity contribution in [3.8, 4) is 0 Å². The fourth-order valence-electron chi connectivity index (χ4n) is 0. The van der Waals surface area contributed by atoms with E-state index in [1.54, 1.807) is 0 Å². The minimum atomic E-state index is -2.92. The van der Waals surface area contributed by atoms with E-state index in [1.165, 1.54) is 0 Å². The van der Waals surface area contributed by atoms with Gasteiger partial charge in [-0.05, 0) is 0 Å². The summed E-state index contributed by atoms with van der Waals surface area (Å²) in [5.74, 6) is 0. The summed E-state index contributed by atoms with van der Waals surface area (Å²) in [5, 5.41) is 25.2. The molecule has 43 valence electrons. The molecule has 3 nitrogen and oxygen atoms in total. The standard InChI is InChI=1S/BO3.ClH.Fe.Mg.Mn/c2-1(3)4;;;;/h;1H;;;/q-3;;3*+2/p-1. The molecule has 0 spiro atoms. The molecule has 0 amide bonds. The first-order chi connectivity index (χ1) is 1.73. The van der Waals surface area contributed by atoms with Crippen molar-refractivity contribution in [3.05, 3.63) is 0 Å². The van der Waals surface area contributed by atoms with Gasteiger partial charge in [-0.1, -0.05) is 0 Å². The monoisotopic (exact) mass is 229 g/mol. The Morgan fingerprint density at radius 1 is 1.00 bits per heavy atom. The van der Waals surface area contributed by atoms with Crippen LogP contribution in [0.2, 0.25) is 0 Å². The largest absolute Gasteiger partial charge is 2.00 e. The molecule has 0 rings (SSSR count). The third-order valence-corrected chi connectivity index (χ3v) is 0. The first-order valence-electron chi connectivity index (χ1n) is 0.707. The SMILES string of the molecule is [Cl-].[Fe+2].[Mg+2].[Mn+2].[O-]B([O-])[O-]. The summed E-state index contributed by atoms with van der Waals surface area (Å²) in [6.07, 6.45) is 0. The minimum Gasteiger partial charge on any atom is -1.00 e. The van der Waals surface area contributed by atoms with E-state index in [2.05, 4.69) is 0 Å². The quantitative estimate of drug-likeness (QED) is 0.388. The van der Waals surface area contributed by atoms with Crippen LogP contribution in [0, 0.1) is 0 Å². The van der Waals surface area contributed by atoms with Crippen molar-refractivity contribution in [2.24, 2.45) is 0 Å². The molecule has 0 aromatic heterocycles. The van der Waals surface area contributed by atoms with E-state index in [0.717, 1.165) is 0 Å². The van der Waals surface area contributed by atoms with Crippen LogP contribution in [0.5, 0.6) is 0 Å². The van der Waals surface area contributed by atoms with Crippen molar-refractivity contribution in [2.45, 2.75) is 0 Å². The average Bonchev–Trinajstić information content (AvgIpc) is 0.811. The summed E-state index contributed by atoms with van der Waals surface area (Å²) in [5.41, 5.74) is 0. The van der Waals surface area contributed by atoms with Gasteiger partial charge < -0.3 is 27.5 Å². The van der Waals surface area contributed by atoms with Crippen LogP contribution in [0.25, 0.3) is 0 Å². The van der Waals surface area contributed by atoms with Crippen molar-refractivity contribution in [3.63, 3.8) is 0 Å². The molecule has 0 saturated carbocycles. The first-order valence-corrected chi connectivity index (χ1v) is 0.707.